The predicted molar refractivity (Wildman–Crippen MR) is 103 cm³/mol. The Labute approximate surface area is 138 Å². The first-order valence-corrected chi connectivity index (χ1v) is 8.61. The lowest BCUT2D eigenvalue weighted by molar-refractivity contribution is 1.04. The van der Waals surface area contributed by atoms with Crippen LogP contribution in [0.4, 0.5) is 0 Å². The van der Waals surface area contributed by atoms with Crippen molar-refractivity contribution < 1.29 is 0 Å². The van der Waals surface area contributed by atoms with Gasteiger partial charge in [-0.2, -0.15) is 0 Å². The third kappa shape index (κ3) is 18.4. The largest absolute Gasteiger partial charge is 0.0885 e. The molecular weight excluding hydrogens is 264 g/mol. The van der Waals surface area contributed by atoms with Crippen molar-refractivity contribution in [2.45, 2.75) is 58.3 Å². The van der Waals surface area contributed by atoms with Gasteiger partial charge in [0.2, 0.25) is 0 Å². The maximum absolute atomic E-state index is 3.81. The molecule has 0 unspecified atom stereocenters. The summed E-state index contributed by atoms with van der Waals surface area (Å²) in [5.41, 5.74) is 0. The Bertz CT molecular complexity index is 375. The second kappa shape index (κ2) is 19.4. The van der Waals surface area contributed by atoms with Crippen LogP contribution >= 0.6 is 0 Å². The molecule has 0 spiro atoms. The van der Waals surface area contributed by atoms with E-state index in [4.69, 9.17) is 0 Å². The molecule has 0 aromatic heterocycles. The minimum Gasteiger partial charge on any atom is -0.0885 e. The van der Waals surface area contributed by atoms with Crippen molar-refractivity contribution in [3.8, 4) is 0 Å². The predicted octanol–water partition coefficient (Wildman–Crippen LogP) is 7.30. The van der Waals surface area contributed by atoms with Crippen LogP contribution in [-0.4, -0.2) is 0 Å². The Morgan fingerprint density at radius 2 is 0.818 bits per heavy atom. The van der Waals surface area contributed by atoms with Crippen molar-refractivity contribution >= 4 is 0 Å². The zero-order valence-corrected chi connectivity index (χ0v) is 14.3. The van der Waals surface area contributed by atoms with Crippen LogP contribution in [0, 0.1) is 6.92 Å². The molecule has 121 valence electrons. The first kappa shape index (κ1) is 20.4. The summed E-state index contributed by atoms with van der Waals surface area (Å²) in [4.78, 5) is 0. The molecule has 0 heterocycles. The molecule has 0 rings (SSSR count). The van der Waals surface area contributed by atoms with Gasteiger partial charge < -0.3 is 0 Å². The van der Waals surface area contributed by atoms with E-state index in [9.17, 15) is 0 Å². The van der Waals surface area contributed by atoms with Crippen molar-refractivity contribution in [2.24, 2.45) is 0 Å². The van der Waals surface area contributed by atoms with E-state index in [0.717, 1.165) is 51.4 Å². The first-order chi connectivity index (χ1) is 10.9. The van der Waals surface area contributed by atoms with Gasteiger partial charge in [0.25, 0.3) is 0 Å². The van der Waals surface area contributed by atoms with Crippen LogP contribution in [0.2, 0.25) is 0 Å². The molecule has 0 aliphatic rings. The second-order valence-electron chi connectivity index (χ2n) is 5.06. The average Bonchev–Trinajstić information content (AvgIpc) is 2.54. The fourth-order valence-electron chi connectivity index (χ4n) is 1.76. The van der Waals surface area contributed by atoms with Gasteiger partial charge in [0.15, 0.2) is 0 Å². The van der Waals surface area contributed by atoms with Gasteiger partial charge in [0, 0.05) is 0 Å². The number of unbranched alkanes of at least 4 members (excludes halogenated alkanes) is 1. The smallest absolute Gasteiger partial charge is 0.0169 e. The van der Waals surface area contributed by atoms with Gasteiger partial charge in [0.1, 0.15) is 0 Å². The normalized spacial score (nSPS) is 13.4. The summed E-state index contributed by atoms with van der Waals surface area (Å²) in [6, 6.07) is 0. The summed E-state index contributed by atoms with van der Waals surface area (Å²) in [6.07, 6.45) is 35.0. The van der Waals surface area contributed by atoms with Gasteiger partial charge in [-0.1, -0.05) is 86.8 Å². The molecule has 0 atom stereocenters. The maximum atomic E-state index is 3.81. The van der Waals surface area contributed by atoms with Gasteiger partial charge in [-0.25, -0.2) is 0 Å². The molecule has 1 radical (unpaired) electrons. The number of rotatable bonds is 13. The maximum Gasteiger partial charge on any atom is -0.0169 e. The van der Waals surface area contributed by atoms with Crippen LogP contribution in [0.5, 0.6) is 0 Å². The van der Waals surface area contributed by atoms with E-state index in [0.29, 0.717) is 0 Å². The van der Waals surface area contributed by atoms with Crippen LogP contribution in [-0.2, 0) is 0 Å². The van der Waals surface area contributed by atoms with Crippen molar-refractivity contribution in [1.82, 2.24) is 0 Å². The molecule has 0 saturated carbocycles. The number of hydrogen-bond donors (Lipinski definition) is 0. The Balaban J connectivity index is 3.48. The third-order valence-corrected chi connectivity index (χ3v) is 2.97. The molecule has 0 heteroatoms. The van der Waals surface area contributed by atoms with E-state index in [1.807, 2.05) is 0 Å². The molecule has 0 N–H and O–H groups in total. The highest BCUT2D eigenvalue weighted by molar-refractivity contribution is 5.01. The molecule has 0 aliphatic heterocycles. The van der Waals surface area contributed by atoms with Gasteiger partial charge >= 0.3 is 0 Å². The molecule has 0 aromatic rings. The molecule has 0 saturated heterocycles. The summed E-state index contributed by atoms with van der Waals surface area (Å²) < 4.78 is 0. The fourth-order valence-corrected chi connectivity index (χ4v) is 1.76. The van der Waals surface area contributed by atoms with E-state index in [-0.39, 0.29) is 0 Å². The van der Waals surface area contributed by atoms with Crippen LogP contribution < -0.4 is 0 Å². The second-order valence-corrected chi connectivity index (χ2v) is 5.06. The van der Waals surface area contributed by atoms with Gasteiger partial charge in [0.05, 0.1) is 0 Å². The number of hydrogen-bond acceptors (Lipinski definition) is 0. The molecule has 22 heavy (non-hydrogen) atoms. The lowest BCUT2D eigenvalue weighted by atomic mass is 10.2. The lowest BCUT2D eigenvalue weighted by Crippen LogP contribution is -1.65. The van der Waals surface area contributed by atoms with E-state index in [2.05, 4.69) is 86.8 Å². The van der Waals surface area contributed by atoms with E-state index >= 15 is 0 Å². The van der Waals surface area contributed by atoms with Gasteiger partial charge in [-0.15, -0.1) is 0 Å². The summed E-state index contributed by atoms with van der Waals surface area (Å²) >= 11 is 0. The van der Waals surface area contributed by atoms with E-state index in [1.165, 1.54) is 0 Å². The van der Waals surface area contributed by atoms with Crippen LogP contribution in [0.1, 0.15) is 58.3 Å². The molecule has 0 bridgehead atoms. The zero-order valence-electron chi connectivity index (χ0n) is 14.3. The minimum atomic E-state index is 0.988. The van der Waals surface area contributed by atoms with E-state index in [1.54, 1.807) is 0 Å². The Morgan fingerprint density at radius 1 is 0.500 bits per heavy atom. The Hall–Kier alpha value is -1.56. The quantitative estimate of drug-likeness (QED) is 0.313. The van der Waals surface area contributed by atoms with Crippen molar-refractivity contribution in [1.29, 1.82) is 0 Å². The molecule has 0 amide bonds. The van der Waals surface area contributed by atoms with Crippen molar-refractivity contribution in [3.63, 3.8) is 0 Å². The molecular formula is C22H33. The minimum absolute atomic E-state index is 0.988. The standard InChI is InChI=1S/C22H33/c1-3-5-7-9-11-13-15-17-19-21-22-20-18-16-14-12-10-8-6-4-2/h6-9,12-15,18-21H,1,3-5,10-11,16-17,22H2,2H3. The van der Waals surface area contributed by atoms with Crippen LogP contribution in [0.3, 0.4) is 0 Å². The summed E-state index contributed by atoms with van der Waals surface area (Å²) in [5.74, 6) is 0. The monoisotopic (exact) mass is 297 g/mol. The van der Waals surface area contributed by atoms with E-state index < -0.39 is 0 Å². The van der Waals surface area contributed by atoms with Crippen molar-refractivity contribution in [2.75, 3.05) is 0 Å². The Kier molecular flexibility index (Phi) is 18.1. The highest BCUT2D eigenvalue weighted by Gasteiger charge is 1.76. The molecule has 0 aromatic carbocycles. The Morgan fingerprint density at radius 3 is 1.14 bits per heavy atom. The van der Waals surface area contributed by atoms with Gasteiger partial charge in [-0.3, -0.25) is 0 Å². The topological polar surface area (TPSA) is 0 Å². The zero-order chi connectivity index (χ0) is 16.1. The third-order valence-electron chi connectivity index (χ3n) is 2.97. The molecule has 0 aliphatic carbocycles. The fraction of sp³-hybridized carbons (Fsp3) is 0.409. The molecule has 0 fully saturated rings. The van der Waals surface area contributed by atoms with Crippen molar-refractivity contribution in [3.05, 3.63) is 79.8 Å². The highest BCUT2D eigenvalue weighted by atomic mass is 13.8. The summed E-state index contributed by atoms with van der Waals surface area (Å²) in [6.45, 7) is 5.97. The highest BCUT2D eigenvalue weighted by Crippen LogP contribution is 1.97. The SMILES string of the molecule is [CH2]CCC=CCC=CCC=CCC=CCC=CCC=CCC. The van der Waals surface area contributed by atoms with Gasteiger partial charge in [-0.05, 0) is 51.4 Å². The lowest BCUT2D eigenvalue weighted by Gasteiger charge is -1.86. The van der Waals surface area contributed by atoms with Crippen LogP contribution in [0.15, 0.2) is 72.9 Å². The number of allylic oxidation sites excluding steroid dienone is 12. The van der Waals surface area contributed by atoms with Crippen LogP contribution in [0.25, 0.3) is 0 Å². The summed E-state index contributed by atoms with van der Waals surface area (Å²) in [5, 5.41) is 0. The first-order valence-electron chi connectivity index (χ1n) is 8.61. The molecule has 0 nitrogen and oxygen atoms in total. The average molecular weight is 298 g/mol. The summed E-state index contributed by atoms with van der Waals surface area (Å²) in [7, 11) is 0.